The molecule has 160 valence electrons. The summed E-state index contributed by atoms with van der Waals surface area (Å²) in [5.41, 5.74) is 1.73. The molecule has 0 N–H and O–H groups in total. The molecular weight excluding hydrogens is 388 g/mol. The minimum Gasteiger partial charge on any atom is -0.381 e. The smallest absolute Gasteiger partial charge is 0.243 e. The quantitative estimate of drug-likeness (QED) is 0.735. The van der Waals surface area contributed by atoms with E-state index in [4.69, 9.17) is 4.74 Å². The van der Waals surface area contributed by atoms with Gasteiger partial charge in [-0.3, -0.25) is 4.79 Å². The van der Waals surface area contributed by atoms with E-state index in [1.165, 1.54) is 0 Å². The first-order valence-corrected chi connectivity index (χ1v) is 12.3. The predicted molar refractivity (Wildman–Crippen MR) is 111 cm³/mol. The maximum absolute atomic E-state index is 13.2. The lowest BCUT2D eigenvalue weighted by molar-refractivity contribution is -0.141. The van der Waals surface area contributed by atoms with Gasteiger partial charge in [0.25, 0.3) is 0 Å². The van der Waals surface area contributed by atoms with Gasteiger partial charge in [-0.25, -0.2) is 8.42 Å². The van der Waals surface area contributed by atoms with Crippen LogP contribution in [-0.2, 0) is 19.6 Å². The van der Waals surface area contributed by atoms with Gasteiger partial charge in [0.1, 0.15) is 0 Å². The number of carbonyl (C=O) groups excluding carboxylic acids is 1. The average molecular weight is 421 g/mol. The molecule has 1 aliphatic carbocycles. The lowest BCUT2D eigenvalue weighted by Gasteiger charge is -2.43. The third-order valence-electron chi connectivity index (χ3n) is 6.54. The van der Waals surface area contributed by atoms with Gasteiger partial charge < -0.3 is 9.64 Å². The third kappa shape index (κ3) is 4.37. The first-order valence-electron chi connectivity index (χ1n) is 10.9. The molecule has 1 saturated carbocycles. The van der Waals surface area contributed by atoms with Crippen LogP contribution < -0.4 is 0 Å². The highest BCUT2D eigenvalue weighted by Crippen LogP contribution is 2.36. The summed E-state index contributed by atoms with van der Waals surface area (Å²) < 4.78 is 33.5. The highest BCUT2D eigenvalue weighted by atomic mass is 32.2. The number of hydrogen-bond donors (Lipinski definition) is 0. The van der Waals surface area contributed by atoms with Crippen molar-refractivity contribution in [2.75, 3.05) is 26.3 Å². The second-order valence-electron chi connectivity index (χ2n) is 8.77. The highest BCUT2D eigenvalue weighted by Gasteiger charge is 2.42. The zero-order valence-electron chi connectivity index (χ0n) is 17.5. The molecule has 0 bridgehead atoms. The normalized spacial score (nSPS) is 22.6. The number of rotatable bonds is 5. The van der Waals surface area contributed by atoms with E-state index in [9.17, 15) is 13.2 Å². The van der Waals surface area contributed by atoms with Crippen LogP contribution in [0.2, 0.25) is 0 Å². The van der Waals surface area contributed by atoms with Crippen LogP contribution in [0.1, 0.15) is 49.7 Å². The molecule has 2 heterocycles. The van der Waals surface area contributed by atoms with Crippen LogP contribution in [0.25, 0.3) is 0 Å². The molecule has 3 fully saturated rings. The van der Waals surface area contributed by atoms with Gasteiger partial charge >= 0.3 is 0 Å². The number of nitrogens with zero attached hydrogens (tertiary/aromatic N) is 2. The molecule has 0 atom stereocenters. The molecule has 0 aromatic heterocycles. The standard InChI is InChI=1S/C22H32N2O4S/c1-16-3-4-17(2)21(15-16)29(26,27)23-11-7-19(8-12-23)24(22(25)18-5-6-18)20-9-13-28-14-10-20/h3-4,15,18-20H,5-14H2,1-2H3. The Hall–Kier alpha value is -1.44. The summed E-state index contributed by atoms with van der Waals surface area (Å²) in [6, 6.07) is 5.95. The zero-order chi connectivity index (χ0) is 20.6. The van der Waals surface area contributed by atoms with Crippen LogP contribution in [0.5, 0.6) is 0 Å². The molecule has 4 rings (SSSR count). The number of benzene rings is 1. The molecule has 1 amide bonds. The van der Waals surface area contributed by atoms with Crippen molar-refractivity contribution in [2.24, 2.45) is 5.92 Å². The van der Waals surface area contributed by atoms with E-state index in [2.05, 4.69) is 4.90 Å². The predicted octanol–water partition coefficient (Wildman–Crippen LogP) is 2.87. The van der Waals surface area contributed by atoms with Crippen molar-refractivity contribution in [3.63, 3.8) is 0 Å². The van der Waals surface area contributed by atoms with E-state index in [0.29, 0.717) is 44.0 Å². The second kappa shape index (κ2) is 8.36. The maximum atomic E-state index is 13.2. The van der Waals surface area contributed by atoms with Gasteiger partial charge in [-0.05, 0) is 69.6 Å². The van der Waals surface area contributed by atoms with Gasteiger partial charge in [0.15, 0.2) is 0 Å². The van der Waals surface area contributed by atoms with E-state index >= 15 is 0 Å². The van der Waals surface area contributed by atoms with Gasteiger partial charge in [0.2, 0.25) is 15.9 Å². The van der Waals surface area contributed by atoms with Crippen molar-refractivity contribution < 1.29 is 17.9 Å². The van der Waals surface area contributed by atoms with Crippen molar-refractivity contribution in [3.8, 4) is 0 Å². The third-order valence-corrected chi connectivity index (χ3v) is 8.58. The fraction of sp³-hybridized carbons (Fsp3) is 0.682. The van der Waals surface area contributed by atoms with Crippen LogP contribution in [-0.4, -0.2) is 61.9 Å². The Morgan fingerprint density at radius 1 is 1.00 bits per heavy atom. The first-order chi connectivity index (χ1) is 13.9. The fourth-order valence-corrected chi connectivity index (χ4v) is 6.43. The minimum absolute atomic E-state index is 0.135. The Morgan fingerprint density at radius 2 is 1.62 bits per heavy atom. The summed E-state index contributed by atoms with van der Waals surface area (Å²) in [5, 5.41) is 0. The van der Waals surface area contributed by atoms with E-state index in [-0.39, 0.29) is 23.9 Å². The number of aryl methyl sites for hydroxylation is 2. The number of sulfonamides is 1. The molecule has 0 spiro atoms. The molecule has 7 heteroatoms. The van der Waals surface area contributed by atoms with Gasteiger partial charge in [-0.15, -0.1) is 0 Å². The number of amides is 1. The maximum Gasteiger partial charge on any atom is 0.243 e. The van der Waals surface area contributed by atoms with Crippen molar-refractivity contribution >= 4 is 15.9 Å². The lowest BCUT2D eigenvalue weighted by Crippen LogP contribution is -2.54. The van der Waals surface area contributed by atoms with Crippen molar-refractivity contribution in [2.45, 2.75) is 69.4 Å². The van der Waals surface area contributed by atoms with E-state index in [0.717, 1.165) is 36.8 Å². The molecule has 3 aliphatic rings. The highest BCUT2D eigenvalue weighted by molar-refractivity contribution is 7.89. The molecule has 2 saturated heterocycles. The van der Waals surface area contributed by atoms with Crippen LogP contribution in [0.4, 0.5) is 0 Å². The molecule has 1 aromatic carbocycles. The van der Waals surface area contributed by atoms with Crippen LogP contribution in [0, 0.1) is 19.8 Å². The molecule has 2 aliphatic heterocycles. The van der Waals surface area contributed by atoms with Gasteiger partial charge in [0, 0.05) is 44.3 Å². The number of hydrogen-bond acceptors (Lipinski definition) is 4. The molecule has 6 nitrogen and oxygen atoms in total. The molecule has 1 aromatic rings. The molecular formula is C22H32N2O4S. The van der Waals surface area contributed by atoms with Crippen LogP contribution >= 0.6 is 0 Å². The Kier molecular flexibility index (Phi) is 6.00. The largest absolute Gasteiger partial charge is 0.381 e. The Labute approximate surface area is 174 Å². The summed E-state index contributed by atoms with van der Waals surface area (Å²) in [4.78, 5) is 15.6. The van der Waals surface area contributed by atoms with E-state index in [1.54, 1.807) is 10.4 Å². The fourth-order valence-electron chi connectivity index (χ4n) is 4.65. The molecule has 29 heavy (non-hydrogen) atoms. The molecule has 0 unspecified atom stereocenters. The Balaban J connectivity index is 1.48. The molecule has 0 radical (unpaired) electrons. The summed E-state index contributed by atoms with van der Waals surface area (Å²) in [5.74, 6) is 0.474. The van der Waals surface area contributed by atoms with Crippen LogP contribution in [0.3, 0.4) is 0 Å². The van der Waals surface area contributed by atoms with Crippen LogP contribution in [0.15, 0.2) is 23.1 Å². The van der Waals surface area contributed by atoms with Gasteiger partial charge in [0.05, 0.1) is 4.90 Å². The Morgan fingerprint density at radius 3 is 2.24 bits per heavy atom. The Bertz CT molecular complexity index is 852. The van der Waals surface area contributed by atoms with Crippen molar-refractivity contribution in [3.05, 3.63) is 29.3 Å². The minimum atomic E-state index is -3.50. The topological polar surface area (TPSA) is 66.9 Å². The SMILES string of the molecule is Cc1ccc(C)c(S(=O)(=O)N2CCC(N(C(=O)C3CC3)C3CCOCC3)CC2)c1. The lowest BCUT2D eigenvalue weighted by atomic mass is 9.98. The summed E-state index contributed by atoms with van der Waals surface area (Å²) in [6.07, 6.45) is 5.19. The van der Waals surface area contributed by atoms with Gasteiger partial charge in [-0.1, -0.05) is 12.1 Å². The number of carbonyl (C=O) groups is 1. The second-order valence-corrected chi connectivity index (χ2v) is 10.7. The van der Waals surface area contributed by atoms with Crippen molar-refractivity contribution in [1.29, 1.82) is 0 Å². The summed E-state index contributed by atoms with van der Waals surface area (Å²) in [7, 11) is -3.50. The van der Waals surface area contributed by atoms with Gasteiger partial charge in [-0.2, -0.15) is 4.31 Å². The van der Waals surface area contributed by atoms with E-state index in [1.807, 2.05) is 26.0 Å². The number of ether oxygens (including phenoxy) is 1. The monoisotopic (exact) mass is 420 g/mol. The average Bonchev–Trinajstić information content (AvgIpc) is 3.56. The summed E-state index contributed by atoms with van der Waals surface area (Å²) >= 11 is 0. The summed E-state index contributed by atoms with van der Waals surface area (Å²) in [6.45, 7) is 6.12. The first kappa shape index (κ1) is 20.8. The zero-order valence-corrected chi connectivity index (χ0v) is 18.3. The number of piperidine rings is 1. The van der Waals surface area contributed by atoms with E-state index < -0.39 is 10.0 Å². The van der Waals surface area contributed by atoms with Crippen molar-refractivity contribution in [1.82, 2.24) is 9.21 Å².